The summed E-state index contributed by atoms with van der Waals surface area (Å²) in [6.45, 7) is 3.81. The third kappa shape index (κ3) is 5.08. The van der Waals surface area contributed by atoms with Crippen molar-refractivity contribution in [3.8, 4) is 11.5 Å². The van der Waals surface area contributed by atoms with Crippen LogP contribution in [-0.2, 0) is 16.0 Å². The molecule has 1 saturated heterocycles. The van der Waals surface area contributed by atoms with Gasteiger partial charge in [-0.2, -0.15) is 0 Å². The number of benzene rings is 2. The second kappa shape index (κ2) is 9.98. The van der Waals surface area contributed by atoms with Crippen molar-refractivity contribution in [2.45, 2.75) is 32.8 Å². The number of carbonyl (C=O) groups is 2. The Labute approximate surface area is 190 Å². The maximum atomic E-state index is 13.0. The molecular weight excluding hydrogens is 434 g/mol. The van der Waals surface area contributed by atoms with Crippen molar-refractivity contribution in [1.82, 2.24) is 0 Å². The molecule has 1 fully saturated rings. The van der Waals surface area contributed by atoms with Crippen LogP contribution in [-0.4, -0.2) is 34.5 Å². The van der Waals surface area contributed by atoms with Crippen molar-refractivity contribution in [2.24, 2.45) is 0 Å². The van der Waals surface area contributed by atoms with E-state index in [2.05, 4.69) is 6.92 Å². The van der Waals surface area contributed by atoms with Crippen molar-refractivity contribution in [3.05, 3.63) is 58.5 Å². The Morgan fingerprint density at radius 2 is 1.90 bits per heavy atom. The summed E-state index contributed by atoms with van der Waals surface area (Å²) in [5.74, 6) is -0.503. The highest BCUT2D eigenvalue weighted by Gasteiger charge is 2.33. The van der Waals surface area contributed by atoms with E-state index in [4.69, 9.17) is 21.7 Å². The summed E-state index contributed by atoms with van der Waals surface area (Å²) in [5.41, 5.74) is 2.64. The number of rotatable bonds is 8. The topological polar surface area (TPSA) is 76.1 Å². The fourth-order valence-electron chi connectivity index (χ4n) is 3.06. The number of thioether (sulfide) groups is 1. The standard InChI is InChI=1S/C23H23NO5S2/c1-4-14-6-9-16(10-7-14)24-21(25)20(31-23(24)30)13-15-8-11-18(19(12-15)28-3)29-17(5-2)22(26)27/h6-13,17H,4-5H2,1-3H3,(H,26,27)/b20-13+. The first-order chi connectivity index (χ1) is 14.9. The van der Waals surface area contributed by atoms with Gasteiger partial charge < -0.3 is 14.6 Å². The van der Waals surface area contributed by atoms with Crippen LogP contribution in [0.25, 0.3) is 6.08 Å². The van der Waals surface area contributed by atoms with E-state index in [1.165, 1.54) is 29.3 Å². The van der Waals surface area contributed by atoms with Gasteiger partial charge in [0.15, 0.2) is 21.9 Å². The molecule has 1 heterocycles. The van der Waals surface area contributed by atoms with Crippen LogP contribution in [0.1, 0.15) is 31.4 Å². The molecule has 0 saturated carbocycles. The van der Waals surface area contributed by atoms with Gasteiger partial charge in [-0.1, -0.05) is 56.0 Å². The van der Waals surface area contributed by atoms with Crippen LogP contribution in [0.15, 0.2) is 47.4 Å². The van der Waals surface area contributed by atoms with Crippen LogP contribution >= 0.6 is 24.0 Å². The summed E-state index contributed by atoms with van der Waals surface area (Å²) in [6.07, 6.45) is 2.02. The van der Waals surface area contributed by atoms with E-state index in [1.54, 1.807) is 31.2 Å². The van der Waals surface area contributed by atoms with Crippen LogP contribution in [0.2, 0.25) is 0 Å². The third-order valence-corrected chi connectivity index (χ3v) is 6.10. The molecule has 2 aromatic rings. The lowest BCUT2D eigenvalue weighted by Gasteiger charge is -2.16. The minimum absolute atomic E-state index is 0.185. The first-order valence-corrected chi connectivity index (χ1v) is 11.0. The van der Waals surface area contributed by atoms with Crippen LogP contribution < -0.4 is 14.4 Å². The van der Waals surface area contributed by atoms with Gasteiger partial charge >= 0.3 is 5.97 Å². The predicted molar refractivity (Wildman–Crippen MR) is 127 cm³/mol. The molecule has 3 rings (SSSR count). The molecule has 1 aliphatic heterocycles. The number of aliphatic carboxylic acids is 1. The van der Waals surface area contributed by atoms with Gasteiger partial charge in [0.25, 0.3) is 5.91 Å². The first kappa shape index (κ1) is 22.8. The maximum Gasteiger partial charge on any atom is 0.344 e. The molecule has 0 aliphatic carbocycles. The van der Waals surface area contributed by atoms with Gasteiger partial charge in [-0.3, -0.25) is 9.69 Å². The van der Waals surface area contributed by atoms with E-state index < -0.39 is 12.1 Å². The van der Waals surface area contributed by atoms with E-state index in [1.807, 2.05) is 24.3 Å². The van der Waals surface area contributed by atoms with E-state index in [9.17, 15) is 14.7 Å². The third-order valence-electron chi connectivity index (χ3n) is 4.80. The fraction of sp³-hybridized carbons (Fsp3) is 0.261. The van der Waals surface area contributed by atoms with Crippen LogP contribution in [0.5, 0.6) is 11.5 Å². The number of nitrogens with zero attached hydrogens (tertiary/aromatic N) is 1. The number of hydrogen-bond acceptors (Lipinski definition) is 6. The van der Waals surface area contributed by atoms with Crippen molar-refractivity contribution in [2.75, 3.05) is 12.0 Å². The number of amides is 1. The number of hydrogen-bond donors (Lipinski definition) is 1. The summed E-state index contributed by atoms with van der Waals surface area (Å²) in [4.78, 5) is 26.3. The Hall–Kier alpha value is -2.84. The van der Waals surface area contributed by atoms with Gasteiger partial charge in [-0.25, -0.2) is 4.79 Å². The molecule has 6 nitrogen and oxygen atoms in total. The Kier molecular flexibility index (Phi) is 7.35. The van der Waals surface area contributed by atoms with E-state index in [-0.39, 0.29) is 5.91 Å². The molecule has 1 amide bonds. The van der Waals surface area contributed by atoms with Crippen molar-refractivity contribution in [1.29, 1.82) is 0 Å². The molecule has 2 aromatic carbocycles. The summed E-state index contributed by atoms with van der Waals surface area (Å²) >= 11 is 6.67. The minimum Gasteiger partial charge on any atom is -0.493 e. The zero-order chi connectivity index (χ0) is 22.5. The average molecular weight is 458 g/mol. The zero-order valence-electron chi connectivity index (χ0n) is 17.5. The van der Waals surface area contributed by atoms with Gasteiger partial charge in [-0.05, 0) is 54.3 Å². The molecule has 0 radical (unpaired) electrons. The normalized spacial score (nSPS) is 16.0. The smallest absolute Gasteiger partial charge is 0.344 e. The molecule has 0 bridgehead atoms. The molecule has 1 N–H and O–H groups in total. The summed E-state index contributed by atoms with van der Waals surface area (Å²) < 4.78 is 11.4. The lowest BCUT2D eigenvalue weighted by atomic mass is 10.1. The highest BCUT2D eigenvalue weighted by Crippen LogP contribution is 2.37. The molecule has 1 aliphatic rings. The molecular formula is C23H23NO5S2. The molecule has 1 unspecified atom stereocenters. The van der Waals surface area contributed by atoms with Crippen molar-refractivity contribution >= 4 is 51.9 Å². The Balaban J connectivity index is 1.84. The predicted octanol–water partition coefficient (Wildman–Crippen LogP) is 4.91. The number of carboxylic acids is 1. The molecule has 0 aromatic heterocycles. The monoisotopic (exact) mass is 457 g/mol. The molecule has 0 spiro atoms. The van der Waals surface area contributed by atoms with Crippen LogP contribution in [0, 0.1) is 0 Å². The molecule has 1 atom stereocenters. The van der Waals surface area contributed by atoms with E-state index >= 15 is 0 Å². The second-order valence-corrected chi connectivity index (χ2v) is 8.48. The zero-order valence-corrected chi connectivity index (χ0v) is 19.1. The fourth-order valence-corrected chi connectivity index (χ4v) is 4.35. The van der Waals surface area contributed by atoms with Crippen LogP contribution in [0.4, 0.5) is 5.69 Å². The Morgan fingerprint density at radius 3 is 2.48 bits per heavy atom. The summed E-state index contributed by atoms with van der Waals surface area (Å²) in [6, 6.07) is 12.9. The number of methoxy groups -OCH3 is 1. The number of aryl methyl sites for hydroxylation is 1. The van der Waals surface area contributed by atoms with Gasteiger partial charge in [-0.15, -0.1) is 0 Å². The number of anilines is 1. The number of carboxylic acid groups (broad SMARTS) is 1. The summed E-state index contributed by atoms with van der Waals surface area (Å²) in [7, 11) is 1.48. The van der Waals surface area contributed by atoms with Gasteiger partial charge in [0.1, 0.15) is 0 Å². The van der Waals surface area contributed by atoms with Crippen LogP contribution in [0.3, 0.4) is 0 Å². The van der Waals surface area contributed by atoms with Gasteiger partial charge in [0.05, 0.1) is 17.7 Å². The second-order valence-electron chi connectivity index (χ2n) is 6.80. The Morgan fingerprint density at radius 1 is 1.19 bits per heavy atom. The van der Waals surface area contributed by atoms with Gasteiger partial charge in [0, 0.05) is 0 Å². The SMILES string of the molecule is CCc1ccc(N2C(=O)/C(=C\c3ccc(OC(CC)C(=O)O)c(OC)c3)SC2=S)cc1. The lowest BCUT2D eigenvalue weighted by molar-refractivity contribution is -0.145. The average Bonchev–Trinajstić information content (AvgIpc) is 3.05. The summed E-state index contributed by atoms with van der Waals surface area (Å²) in [5, 5.41) is 9.21. The largest absolute Gasteiger partial charge is 0.493 e. The molecule has 31 heavy (non-hydrogen) atoms. The molecule has 162 valence electrons. The first-order valence-electron chi connectivity index (χ1n) is 9.82. The number of carbonyl (C=O) groups excluding carboxylic acids is 1. The van der Waals surface area contributed by atoms with Crippen molar-refractivity contribution < 1.29 is 24.2 Å². The highest BCUT2D eigenvalue weighted by atomic mass is 32.2. The lowest BCUT2D eigenvalue weighted by Crippen LogP contribution is -2.27. The van der Waals surface area contributed by atoms with Crippen molar-refractivity contribution in [3.63, 3.8) is 0 Å². The number of thiocarbonyl (C=S) groups is 1. The van der Waals surface area contributed by atoms with E-state index in [0.717, 1.165) is 17.7 Å². The molecule has 8 heteroatoms. The maximum absolute atomic E-state index is 13.0. The van der Waals surface area contributed by atoms with E-state index in [0.29, 0.717) is 27.1 Å². The highest BCUT2D eigenvalue weighted by molar-refractivity contribution is 8.27. The number of ether oxygens (including phenoxy) is 2. The minimum atomic E-state index is -1.04. The Bertz CT molecular complexity index is 1030. The van der Waals surface area contributed by atoms with Gasteiger partial charge in [0.2, 0.25) is 0 Å². The quantitative estimate of drug-likeness (QED) is 0.446.